The Labute approximate surface area is 141 Å². The lowest BCUT2D eigenvalue weighted by molar-refractivity contribution is 0.238. The van der Waals surface area contributed by atoms with E-state index in [1.165, 1.54) is 11.3 Å². The van der Waals surface area contributed by atoms with Crippen LogP contribution in [-0.2, 0) is 13.1 Å². The topological polar surface area (TPSA) is 80.0 Å². The second-order valence-corrected chi connectivity index (χ2v) is 6.04. The Bertz CT molecular complexity index is 788. The SMILES string of the molecule is O=C(NCc1cccc(Cl)c1)NCc1nc(-c2cccs2)no1. The zero-order valence-electron chi connectivity index (χ0n) is 12.0. The van der Waals surface area contributed by atoms with Gasteiger partial charge in [-0.15, -0.1) is 11.3 Å². The van der Waals surface area contributed by atoms with Gasteiger partial charge in [0.25, 0.3) is 0 Å². The fraction of sp³-hybridized carbons (Fsp3) is 0.133. The predicted octanol–water partition coefficient (Wildman–Crippen LogP) is 3.45. The maximum Gasteiger partial charge on any atom is 0.315 e. The van der Waals surface area contributed by atoms with Gasteiger partial charge in [0, 0.05) is 11.6 Å². The fourth-order valence-corrected chi connectivity index (χ4v) is 2.74. The number of urea groups is 1. The molecule has 23 heavy (non-hydrogen) atoms. The Hall–Kier alpha value is -2.38. The average molecular weight is 349 g/mol. The molecule has 3 rings (SSSR count). The zero-order chi connectivity index (χ0) is 16.1. The molecule has 1 aromatic carbocycles. The van der Waals surface area contributed by atoms with Crippen LogP contribution in [0.15, 0.2) is 46.3 Å². The van der Waals surface area contributed by atoms with Crippen LogP contribution in [0.3, 0.4) is 0 Å². The molecule has 6 nitrogen and oxygen atoms in total. The molecular weight excluding hydrogens is 336 g/mol. The van der Waals surface area contributed by atoms with E-state index in [2.05, 4.69) is 20.8 Å². The summed E-state index contributed by atoms with van der Waals surface area (Å²) in [5, 5.41) is 11.9. The number of aromatic nitrogens is 2. The number of hydrogen-bond acceptors (Lipinski definition) is 5. The number of amides is 2. The van der Waals surface area contributed by atoms with Crippen molar-refractivity contribution in [1.82, 2.24) is 20.8 Å². The summed E-state index contributed by atoms with van der Waals surface area (Å²) in [5.41, 5.74) is 0.922. The Kier molecular flexibility index (Phi) is 4.89. The number of thiophene rings is 1. The highest BCUT2D eigenvalue weighted by atomic mass is 35.5. The summed E-state index contributed by atoms with van der Waals surface area (Å²) in [6.45, 7) is 0.552. The molecular formula is C15H13ClN4O2S. The van der Waals surface area contributed by atoms with E-state index in [1.807, 2.05) is 29.6 Å². The summed E-state index contributed by atoms with van der Waals surface area (Å²) in [5.74, 6) is 0.877. The fourth-order valence-electron chi connectivity index (χ4n) is 1.88. The van der Waals surface area contributed by atoms with Gasteiger partial charge in [-0.25, -0.2) is 4.79 Å². The molecule has 2 N–H and O–H groups in total. The van der Waals surface area contributed by atoms with Gasteiger partial charge in [0.1, 0.15) is 0 Å². The van der Waals surface area contributed by atoms with E-state index in [0.717, 1.165) is 10.4 Å². The van der Waals surface area contributed by atoms with E-state index in [1.54, 1.807) is 12.1 Å². The van der Waals surface area contributed by atoms with Crippen LogP contribution in [0.25, 0.3) is 10.7 Å². The molecule has 2 amide bonds. The number of carbonyl (C=O) groups is 1. The van der Waals surface area contributed by atoms with E-state index < -0.39 is 0 Å². The first-order chi connectivity index (χ1) is 11.2. The number of halogens is 1. The molecule has 0 saturated heterocycles. The van der Waals surface area contributed by atoms with Crippen molar-refractivity contribution < 1.29 is 9.32 Å². The highest BCUT2D eigenvalue weighted by molar-refractivity contribution is 7.13. The van der Waals surface area contributed by atoms with Gasteiger partial charge < -0.3 is 15.2 Å². The molecule has 0 atom stereocenters. The molecule has 2 aromatic heterocycles. The number of rotatable bonds is 5. The van der Waals surface area contributed by atoms with Crippen molar-refractivity contribution >= 4 is 29.0 Å². The molecule has 0 radical (unpaired) electrons. The van der Waals surface area contributed by atoms with Gasteiger partial charge in [-0.1, -0.05) is 35.0 Å². The summed E-state index contributed by atoms with van der Waals surface area (Å²) in [7, 11) is 0. The molecule has 2 heterocycles. The van der Waals surface area contributed by atoms with Crippen molar-refractivity contribution in [2.24, 2.45) is 0 Å². The summed E-state index contributed by atoms with van der Waals surface area (Å²) in [6, 6.07) is 10.8. The van der Waals surface area contributed by atoms with Crippen LogP contribution in [0.1, 0.15) is 11.5 Å². The average Bonchev–Trinajstić information content (AvgIpc) is 3.22. The van der Waals surface area contributed by atoms with Crippen LogP contribution in [0, 0.1) is 0 Å². The van der Waals surface area contributed by atoms with Crippen molar-refractivity contribution in [2.45, 2.75) is 13.1 Å². The van der Waals surface area contributed by atoms with Crippen molar-refractivity contribution in [3.63, 3.8) is 0 Å². The minimum Gasteiger partial charge on any atom is -0.337 e. The molecule has 0 aliphatic heterocycles. The van der Waals surface area contributed by atoms with Gasteiger partial charge in [-0.3, -0.25) is 0 Å². The highest BCUT2D eigenvalue weighted by Crippen LogP contribution is 2.21. The quantitative estimate of drug-likeness (QED) is 0.740. The van der Waals surface area contributed by atoms with Crippen LogP contribution < -0.4 is 10.6 Å². The van der Waals surface area contributed by atoms with Gasteiger partial charge in [0.2, 0.25) is 11.7 Å². The van der Waals surface area contributed by atoms with Gasteiger partial charge in [-0.05, 0) is 29.1 Å². The second-order valence-electron chi connectivity index (χ2n) is 4.66. The van der Waals surface area contributed by atoms with Crippen molar-refractivity contribution in [1.29, 1.82) is 0 Å². The maximum atomic E-state index is 11.8. The van der Waals surface area contributed by atoms with Gasteiger partial charge in [0.15, 0.2) is 0 Å². The zero-order valence-corrected chi connectivity index (χ0v) is 13.5. The Morgan fingerprint density at radius 1 is 1.22 bits per heavy atom. The van der Waals surface area contributed by atoms with Crippen molar-refractivity contribution in [3.8, 4) is 10.7 Å². The van der Waals surface area contributed by atoms with Crippen LogP contribution in [0.5, 0.6) is 0 Å². The molecule has 3 aromatic rings. The standard InChI is InChI=1S/C15H13ClN4O2S/c16-11-4-1-3-10(7-11)8-17-15(21)18-9-13-19-14(20-22-13)12-5-2-6-23-12/h1-7H,8-9H2,(H2,17,18,21). The molecule has 0 bridgehead atoms. The monoisotopic (exact) mass is 348 g/mol. The third-order valence-electron chi connectivity index (χ3n) is 2.95. The van der Waals surface area contributed by atoms with Crippen LogP contribution in [-0.4, -0.2) is 16.2 Å². The first-order valence-corrected chi connectivity index (χ1v) is 8.09. The smallest absolute Gasteiger partial charge is 0.315 e. The van der Waals surface area contributed by atoms with E-state index in [9.17, 15) is 4.79 Å². The van der Waals surface area contributed by atoms with Crippen molar-refractivity contribution in [3.05, 3.63) is 58.3 Å². The van der Waals surface area contributed by atoms with Gasteiger partial charge in [-0.2, -0.15) is 4.98 Å². The number of carbonyl (C=O) groups excluding carboxylic acids is 1. The number of nitrogens with one attached hydrogen (secondary N) is 2. The normalized spacial score (nSPS) is 10.5. The number of benzene rings is 1. The first-order valence-electron chi connectivity index (χ1n) is 6.83. The molecule has 0 saturated carbocycles. The lowest BCUT2D eigenvalue weighted by Gasteiger charge is -2.06. The Morgan fingerprint density at radius 2 is 2.09 bits per heavy atom. The first kappa shape index (κ1) is 15.5. The maximum absolute atomic E-state index is 11.8. The summed E-state index contributed by atoms with van der Waals surface area (Å²) >= 11 is 7.42. The minimum absolute atomic E-state index is 0.166. The largest absolute Gasteiger partial charge is 0.337 e. The summed E-state index contributed by atoms with van der Waals surface area (Å²) in [6.07, 6.45) is 0. The molecule has 0 unspecified atom stereocenters. The van der Waals surface area contributed by atoms with E-state index in [4.69, 9.17) is 16.1 Å². The molecule has 0 aliphatic carbocycles. The predicted molar refractivity (Wildman–Crippen MR) is 88.1 cm³/mol. The molecule has 0 fully saturated rings. The molecule has 118 valence electrons. The lowest BCUT2D eigenvalue weighted by Crippen LogP contribution is -2.34. The number of nitrogens with zero attached hydrogens (tertiary/aromatic N) is 2. The van der Waals surface area contributed by atoms with E-state index in [-0.39, 0.29) is 12.6 Å². The van der Waals surface area contributed by atoms with Crippen LogP contribution >= 0.6 is 22.9 Å². The Balaban J connectivity index is 1.47. The molecule has 0 aliphatic rings. The number of hydrogen-bond donors (Lipinski definition) is 2. The molecule has 0 spiro atoms. The van der Waals surface area contributed by atoms with Crippen LogP contribution in [0.2, 0.25) is 5.02 Å². The minimum atomic E-state index is -0.319. The summed E-state index contributed by atoms with van der Waals surface area (Å²) in [4.78, 5) is 16.9. The van der Waals surface area contributed by atoms with Gasteiger partial charge in [0.05, 0.1) is 11.4 Å². The summed E-state index contributed by atoms with van der Waals surface area (Å²) < 4.78 is 5.10. The van der Waals surface area contributed by atoms with Crippen LogP contribution in [0.4, 0.5) is 4.79 Å². The third kappa shape index (κ3) is 4.30. The highest BCUT2D eigenvalue weighted by Gasteiger charge is 2.10. The lowest BCUT2D eigenvalue weighted by atomic mass is 10.2. The second kappa shape index (κ2) is 7.26. The third-order valence-corrected chi connectivity index (χ3v) is 4.05. The van der Waals surface area contributed by atoms with E-state index in [0.29, 0.717) is 23.3 Å². The van der Waals surface area contributed by atoms with E-state index >= 15 is 0 Å². The van der Waals surface area contributed by atoms with Crippen molar-refractivity contribution in [2.75, 3.05) is 0 Å². The molecule has 8 heteroatoms. The Morgan fingerprint density at radius 3 is 2.87 bits per heavy atom. The van der Waals surface area contributed by atoms with Gasteiger partial charge >= 0.3 is 6.03 Å².